The molecule has 2 bridgehead atoms. The number of nitrogens with one attached hydrogen (secondary N) is 1. The molecule has 5 rings (SSSR count). The third-order valence-corrected chi connectivity index (χ3v) is 6.20. The molecule has 2 unspecified atom stereocenters. The minimum absolute atomic E-state index is 0. The monoisotopic (exact) mass is 478 g/mol. The van der Waals surface area contributed by atoms with Crippen LogP contribution in [0, 0.1) is 0 Å². The number of hydrogen-bond acceptors (Lipinski definition) is 5. The van der Waals surface area contributed by atoms with Gasteiger partial charge in [0, 0.05) is 77.5 Å². The summed E-state index contributed by atoms with van der Waals surface area (Å²) in [5.41, 5.74) is 0. The topological polar surface area (TPSA) is 46.6 Å². The summed E-state index contributed by atoms with van der Waals surface area (Å²) in [5.74, 6) is 1.12. The van der Waals surface area contributed by atoms with Gasteiger partial charge in [-0.2, -0.15) is 0 Å². The van der Waals surface area contributed by atoms with E-state index in [1.54, 1.807) is 0 Å². The standard InChI is InChI=1S/C18H34N6O.HI/c1-2-19-18(20-13-17-14-21-5-7-22(17)8-6-21)24-4-3-16(15-24)23-9-11-25-12-10-23;/h16-17H,2-15H2,1H3,(H,19,20);1H. The highest BCUT2D eigenvalue weighted by atomic mass is 127. The van der Waals surface area contributed by atoms with Crippen molar-refractivity contribution in [2.45, 2.75) is 25.4 Å². The van der Waals surface area contributed by atoms with E-state index in [-0.39, 0.29) is 24.0 Å². The lowest BCUT2D eigenvalue weighted by Gasteiger charge is -2.47. The zero-order valence-corrected chi connectivity index (χ0v) is 18.4. The van der Waals surface area contributed by atoms with Crippen molar-refractivity contribution in [1.29, 1.82) is 0 Å². The number of ether oxygens (including phenoxy) is 1. The van der Waals surface area contributed by atoms with Crippen LogP contribution in [-0.4, -0.2) is 123 Å². The molecule has 0 saturated carbocycles. The minimum atomic E-state index is 0. The molecule has 2 atom stereocenters. The fourth-order valence-corrected chi connectivity index (χ4v) is 4.69. The van der Waals surface area contributed by atoms with Gasteiger partial charge in [-0.05, 0) is 13.3 Å². The van der Waals surface area contributed by atoms with Gasteiger partial charge >= 0.3 is 0 Å². The van der Waals surface area contributed by atoms with Gasteiger partial charge in [0.15, 0.2) is 5.96 Å². The Hall–Kier alpha value is -0.160. The number of guanidine groups is 1. The molecule has 5 aliphatic rings. The number of aliphatic imine (C=N–C) groups is 1. The summed E-state index contributed by atoms with van der Waals surface area (Å²) in [5, 5.41) is 3.53. The Morgan fingerprint density at radius 1 is 1.00 bits per heavy atom. The van der Waals surface area contributed by atoms with E-state index in [4.69, 9.17) is 9.73 Å². The van der Waals surface area contributed by atoms with Crippen molar-refractivity contribution in [1.82, 2.24) is 24.9 Å². The van der Waals surface area contributed by atoms with Crippen molar-refractivity contribution >= 4 is 29.9 Å². The lowest BCUT2D eigenvalue weighted by molar-refractivity contribution is 0.0172. The SMILES string of the molecule is CCNC(=NCC1CN2CCN1CC2)N1CCC(N2CCOCC2)C1.I. The number of morpholine rings is 1. The number of fused-ring (bicyclic) bond motifs is 3. The Kier molecular flexibility index (Phi) is 7.80. The summed E-state index contributed by atoms with van der Waals surface area (Å²) in [6.07, 6.45) is 1.24. The molecule has 5 heterocycles. The molecule has 0 aromatic carbocycles. The number of piperazine rings is 3. The molecule has 0 spiro atoms. The van der Waals surface area contributed by atoms with Crippen LogP contribution < -0.4 is 5.32 Å². The first kappa shape index (κ1) is 20.6. The maximum atomic E-state index is 5.50. The lowest BCUT2D eigenvalue weighted by atomic mass is 10.1. The lowest BCUT2D eigenvalue weighted by Crippen LogP contribution is -2.62. The molecule has 0 aromatic heterocycles. The van der Waals surface area contributed by atoms with Crippen LogP contribution in [0.1, 0.15) is 13.3 Å². The number of halogens is 1. The summed E-state index contributed by atoms with van der Waals surface area (Å²) >= 11 is 0. The average molecular weight is 478 g/mol. The molecule has 5 aliphatic heterocycles. The number of hydrogen-bond donors (Lipinski definition) is 1. The smallest absolute Gasteiger partial charge is 0.194 e. The first-order valence-electron chi connectivity index (χ1n) is 10.1. The van der Waals surface area contributed by atoms with E-state index in [1.165, 1.54) is 39.1 Å². The summed E-state index contributed by atoms with van der Waals surface area (Å²) in [7, 11) is 0. The van der Waals surface area contributed by atoms with Gasteiger partial charge in [0.25, 0.3) is 0 Å². The Bertz CT molecular complexity index is 465. The van der Waals surface area contributed by atoms with E-state index in [9.17, 15) is 0 Å². The van der Waals surface area contributed by atoms with E-state index in [1.807, 2.05) is 0 Å². The molecule has 150 valence electrons. The van der Waals surface area contributed by atoms with Crippen molar-refractivity contribution in [3.05, 3.63) is 0 Å². The largest absolute Gasteiger partial charge is 0.379 e. The minimum Gasteiger partial charge on any atom is -0.379 e. The first-order chi connectivity index (χ1) is 12.3. The Labute approximate surface area is 175 Å². The normalized spacial score (nSPS) is 35.4. The predicted molar refractivity (Wildman–Crippen MR) is 116 cm³/mol. The van der Waals surface area contributed by atoms with E-state index in [0.717, 1.165) is 58.4 Å². The Balaban J connectivity index is 0.00000196. The van der Waals surface area contributed by atoms with Gasteiger partial charge < -0.3 is 15.0 Å². The van der Waals surface area contributed by atoms with Gasteiger partial charge in [-0.15, -0.1) is 24.0 Å². The van der Waals surface area contributed by atoms with Crippen molar-refractivity contribution in [3.63, 3.8) is 0 Å². The van der Waals surface area contributed by atoms with Gasteiger partial charge in [-0.1, -0.05) is 0 Å². The molecule has 26 heavy (non-hydrogen) atoms. The van der Waals surface area contributed by atoms with Crippen molar-refractivity contribution in [2.75, 3.05) is 85.2 Å². The molecular formula is C18H35IN6O. The van der Waals surface area contributed by atoms with Crippen LogP contribution >= 0.6 is 24.0 Å². The zero-order valence-electron chi connectivity index (χ0n) is 16.1. The zero-order chi connectivity index (χ0) is 17.1. The second kappa shape index (κ2) is 9.86. The molecule has 0 aliphatic carbocycles. The van der Waals surface area contributed by atoms with Crippen LogP contribution in [-0.2, 0) is 4.74 Å². The van der Waals surface area contributed by atoms with Crippen LogP contribution in [0.2, 0.25) is 0 Å². The van der Waals surface area contributed by atoms with E-state index < -0.39 is 0 Å². The van der Waals surface area contributed by atoms with Gasteiger partial charge in [-0.25, -0.2) is 0 Å². The molecule has 5 fully saturated rings. The summed E-state index contributed by atoms with van der Waals surface area (Å²) in [6.45, 7) is 16.3. The van der Waals surface area contributed by atoms with Crippen LogP contribution in [0.3, 0.4) is 0 Å². The highest BCUT2D eigenvalue weighted by Gasteiger charge is 2.33. The maximum Gasteiger partial charge on any atom is 0.194 e. The van der Waals surface area contributed by atoms with Crippen molar-refractivity contribution in [3.8, 4) is 0 Å². The van der Waals surface area contributed by atoms with E-state index in [2.05, 4.69) is 31.8 Å². The highest BCUT2D eigenvalue weighted by molar-refractivity contribution is 14.0. The van der Waals surface area contributed by atoms with Crippen LogP contribution in [0.15, 0.2) is 4.99 Å². The average Bonchev–Trinajstić information content (AvgIpc) is 3.17. The molecule has 5 saturated heterocycles. The van der Waals surface area contributed by atoms with Crippen molar-refractivity contribution < 1.29 is 4.74 Å². The summed E-state index contributed by atoms with van der Waals surface area (Å²) in [6, 6.07) is 1.27. The fourth-order valence-electron chi connectivity index (χ4n) is 4.69. The molecule has 0 amide bonds. The van der Waals surface area contributed by atoms with Crippen molar-refractivity contribution in [2.24, 2.45) is 4.99 Å². The highest BCUT2D eigenvalue weighted by Crippen LogP contribution is 2.18. The van der Waals surface area contributed by atoms with E-state index in [0.29, 0.717) is 12.1 Å². The maximum absolute atomic E-state index is 5.50. The number of likely N-dealkylation sites (tertiary alicyclic amines) is 1. The Morgan fingerprint density at radius 2 is 1.77 bits per heavy atom. The summed E-state index contributed by atoms with van der Waals surface area (Å²) in [4.78, 5) is 15.3. The summed E-state index contributed by atoms with van der Waals surface area (Å²) < 4.78 is 5.50. The Morgan fingerprint density at radius 3 is 2.42 bits per heavy atom. The molecule has 0 radical (unpaired) electrons. The van der Waals surface area contributed by atoms with Gasteiger partial charge in [-0.3, -0.25) is 19.7 Å². The van der Waals surface area contributed by atoms with Crippen LogP contribution in [0.5, 0.6) is 0 Å². The van der Waals surface area contributed by atoms with Crippen LogP contribution in [0.25, 0.3) is 0 Å². The molecule has 0 aromatic rings. The second-order valence-electron chi connectivity index (χ2n) is 7.72. The van der Waals surface area contributed by atoms with Crippen LogP contribution in [0.4, 0.5) is 0 Å². The van der Waals surface area contributed by atoms with Gasteiger partial charge in [0.1, 0.15) is 0 Å². The molecule has 8 heteroatoms. The molecular weight excluding hydrogens is 443 g/mol. The predicted octanol–water partition coefficient (Wildman–Crippen LogP) is -0.0238. The number of rotatable bonds is 4. The van der Waals surface area contributed by atoms with E-state index >= 15 is 0 Å². The third kappa shape index (κ3) is 4.81. The first-order valence-corrected chi connectivity index (χ1v) is 10.1. The fraction of sp³-hybridized carbons (Fsp3) is 0.944. The van der Waals surface area contributed by atoms with Gasteiger partial charge in [0.05, 0.1) is 19.8 Å². The quantitative estimate of drug-likeness (QED) is 0.348. The third-order valence-electron chi connectivity index (χ3n) is 6.20. The number of nitrogens with zero attached hydrogens (tertiary/aromatic N) is 5. The van der Waals surface area contributed by atoms with Gasteiger partial charge in [0.2, 0.25) is 0 Å². The second-order valence-corrected chi connectivity index (χ2v) is 7.72. The molecule has 7 nitrogen and oxygen atoms in total. The molecule has 1 N–H and O–H groups in total.